The molecule has 0 unspecified atom stereocenters. The highest BCUT2D eigenvalue weighted by Crippen LogP contribution is 2.15. The van der Waals surface area contributed by atoms with E-state index < -0.39 is 0 Å². The number of amides is 1. The van der Waals surface area contributed by atoms with Crippen LogP contribution >= 0.6 is 24.0 Å². The zero-order chi connectivity index (χ0) is 22.2. The summed E-state index contributed by atoms with van der Waals surface area (Å²) in [5.41, 5.74) is 3.18. The number of fused-ring (bicyclic) bond motifs is 1. The number of aromatic nitrogens is 1. The normalized spacial score (nSPS) is 14.1. The Labute approximate surface area is 213 Å². The molecule has 2 N–H and O–H groups in total. The fourth-order valence-electron chi connectivity index (χ4n) is 4.24. The Balaban J connectivity index is 0.00000306. The number of piperidine rings is 1. The largest absolute Gasteiger partial charge is 0.356 e. The average molecular weight is 559 g/mol. The maximum absolute atomic E-state index is 12.6. The van der Waals surface area contributed by atoms with Crippen molar-refractivity contribution >= 4 is 46.7 Å². The number of hydrogen-bond donors (Lipinski definition) is 2. The topological polar surface area (TPSA) is 61.7 Å². The van der Waals surface area contributed by atoms with Crippen LogP contribution in [0.5, 0.6) is 0 Å². The highest BCUT2D eigenvalue weighted by molar-refractivity contribution is 14.0. The van der Waals surface area contributed by atoms with Crippen molar-refractivity contribution in [2.75, 3.05) is 26.7 Å². The molecule has 0 radical (unpaired) electrons. The summed E-state index contributed by atoms with van der Waals surface area (Å²) in [6, 6.07) is 18.5. The summed E-state index contributed by atoms with van der Waals surface area (Å²) in [5, 5.41) is 8.02. The number of halogens is 1. The Morgan fingerprint density at radius 3 is 2.48 bits per heavy atom. The number of hydrogen-bond acceptors (Lipinski definition) is 2. The van der Waals surface area contributed by atoms with Crippen molar-refractivity contribution in [3.05, 3.63) is 71.9 Å². The van der Waals surface area contributed by atoms with Crippen molar-refractivity contribution in [1.82, 2.24) is 20.1 Å². The molecule has 1 aliphatic heterocycles. The van der Waals surface area contributed by atoms with Gasteiger partial charge in [-0.2, -0.15) is 0 Å². The molecule has 1 aliphatic rings. The maximum Gasteiger partial charge on any atom is 0.253 e. The molecule has 7 heteroatoms. The van der Waals surface area contributed by atoms with Crippen LogP contribution in [0.25, 0.3) is 10.9 Å². The van der Waals surface area contributed by atoms with Crippen molar-refractivity contribution in [2.45, 2.75) is 38.8 Å². The van der Waals surface area contributed by atoms with Gasteiger partial charge in [-0.25, -0.2) is 0 Å². The summed E-state index contributed by atoms with van der Waals surface area (Å²) in [6.07, 6.45) is 6.61. The minimum absolute atomic E-state index is 0. The number of carbonyl (C=O) groups is 1. The molecule has 1 aromatic heterocycles. The Morgan fingerprint density at radius 2 is 1.73 bits per heavy atom. The predicted octanol–water partition coefficient (Wildman–Crippen LogP) is 4.64. The van der Waals surface area contributed by atoms with E-state index in [1.165, 1.54) is 17.3 Å². The summed E-state index contributed by atoms with van der Waals surface area (Å²) < 4.78 is 2.29. The lowest BCUT2D eigenvalue weighted by Crippen LogP contribution is -2.37. The smallest absolute Gasteiger partial charge is 0.253 e. The van der Waals surface area contributed by atoms with E-state index in [-0.39, 0.29) is 29.9 Å². The fourth-order valence-corrected chi connectivity index (χ4v) is 4.24. The molecule has 176 valence electrons. The van der Waals surface area contributed by atoms with Gasteiger partial charge in [0.15, 0.2) is 5.96 Å². The Hall–Kier alpha value is -2.55. The van der Waals surface area contributed by atoms with E-state index in [0.29, 0.717) is 6.54 Å². The van der Waals surface area contributed by atoms with Crippen molar-refractivity contribution in [3.63, 3.8) is 0 Å². The summed E-state index contributed by atoms with van der Waals surface area (Å²) >= 11 is 0. The fraction of sp³-hybridized carbons (Fsp3) is 0.385. The second kappa shape index (κ2) is 12.6. The molecule has 0 aliphatic carbocycles. The number of benzene rings is 2. The van der Waals surface area contributed by atoms with E-state index in [0.717, 1.165) is 62.5 Å². The van der Waals surface area contributed by atoms with Crippen molar-refractivity contribution in [2.24, 2.45) is 4.99 Å². The molecule has 2 aromatic carbocycles. The van der Waals surface area contributed by atoms with E-state index >= 15 is 0 Å². The lowest BCUT2D eigenvalue weighted by atomic mass is 10.1. The van der Waals surface area contributed by atoms with E-state index in [9.17, 15) is 4.79 Å². The zero-order valence-electron chi connectivity index (χ0n) is 19.3. The Bertz CT molecular complexity index is 1050. The van der Waals surface area contributed by atoms with Crippen molar-refractivity contribution in [3.8, 4) is 0 Å². The van der Waals surface area contributed by atoms with E-state index in [2.05, 4.69) is 56.7 Å². The number of carbonyl (C=O) groups excluding carboxylic acids is 1. The molecular weight excluding hydrogens is 525 g/mol. The molecule has 3 aromatic rings. The molecule has 1 saturated heterocycles. The first-order valence-electron chi connectivity index (χ1n) is 11.6. The molecule has 2 heterocycles. The van der Waals surface area contributed by atoms with Gasteiger partial charge < -0.3 is 20.1 Å². The van der Waals surface area contributed by atoms with E-state index in [4.69, 9.17) is 0 Å². The summed E-state index contributed by atoms with van der Waals surface area (Å²) in [6.45, 7) is 4.23. The molecule has 0 saturated carbocycles. The highest BCUT2D eigenvalue weighted by Gasteiger charge is 2.17. The number of likely N-dealkylation sites (tertiary alicyclic amines) is 1. The third-order valence-electron chi connectivity index (χ3n) is 6.08. The summed E-state index contributed by atoms with van der Waals surface area (Å²) in [4.78, 5) is 18.9. The highest BCUT2D eigenvalue weighted by atomic mass is 127. The number of guanidine groups is 1. The van der Waals surface area contributed by atoms with Crippen molar-refractivity contribution in [1.29, 1.82) is 0 Å². The van der Waals surface area contributed by atoms with Crippen LogP contribution in [0.3, 0.4) is 0 Å². The third-order valence-corrected chi connectivity index (χ3v) is 6.08. The van der Waals surface area contributed by atoms with Gasteiger partial charge >= 0.3 is 0 Å². The lowest BCUT2D eigenvalue weighted by Gasteiger charge is -2.26. The number of aryl methyl sites for hydroxylation is 1. The minimum atomic E-state index is 0. The molecule has 33 heavy (non-hydrogen) atoms. The monoisotopic (exact) mass is 559 g/mol. The quantitative estimate of drug-likeness (QED) is 0.192. The maximum atomic E-state index is 12.6. The second-order valence-corrected chi connectivity index (χ2v) is 8.32. The van der Waals surface area contributed by atoms with Gasteiger partial charge in [0.2, 0.25) is 0 Å². The van der Waals surface area contributed by atoms with Crippen LogP contribution in [0.2, 0.25) is 0 Å². The van der Waals surface area contributed by atoms with Crippen LogP contribution in [-0.2, 0) is 13.1 Å². The predicted molar refractivity (Wildman–Crippen MR) is 146 cm³/mol. The molecule has 1 fully saturated rings. The molecule has 0 atom stereocenters. The minimum Gasteiger partial charge on any atom is -0.356 e. The molecular formula is C26H34IN5O. The van der Waals surface area contributed by atoms with Gasteiger partial charge in [0.05, 0.1) is 0 Å². The molecule has 0 spiro atoms. The van der Waals surface area contributed by atoms with Crippen LogP contribution < -0.4 is 10.6 Å². The van der Waals surface area contributed by atoms with Crippen molar-refractivity contribution < 1.29 is 4.79 Å². The Morgan fingerprint density at radius 1 is 0.970 bits per heavy atom. The zero-order valence-corrected chi connectivity index (χ0v) is 21.6. The van der Waals surface area contributed by atoms with Gasteiger partial charge in [0.25, 0.3) is 5.91 Å². The number of nitrogens with zero attached hydrogens (tertiary/aromatic N) is 3. The van der Waals surface area contributed by atoms with Gasteiger partial charge in [-0.15, -0.1) is 24.0 Å². The van der Waals surface area contributed by atoms with Gasteiger partial charge in [-0.05, 0) is 60.9 Å². The van der Waals surface area contributed by atoms with Gasteiger partial charge in [0.1, 0.15) is 0 Å². The molecule has 6 nitrogen and oxygen atoms in total. The van der Waals surface area contributed by atoms with Gasteiger partial charge in [0, 0.05) is 57.0 Å². The van der Waals surface area contributed by atoms with Crippen LogP contribution in [0.15, 0.2) is 65.8 Å². The lowest BCUT2D eigenvalue weighted by molar-refractivity contribution is 0.0724. The molecule has 1 amide bonds. The number of aliphatic imine (C=N–C) groups is 1. The van der Waals surface area contributed by atoms with Crippen LogP contribution in [0.4, 0.5) is 0 Å². The first-order valence-corrected chi connectivity index (χ1v) is 11.6. The van der Waals surface area contributed by atoms with Crippen LogP contribution in [-0.4, -0.2) is 48.0 Å². The summed E-state index contributed by atoms with van der Waals surface area (Å²) in [5.74, 6) is 0.938. The standard InChI is InChI=1S/C26H33N5O.HI/c1-27-26(28-15-7-18-30-19-14-22-8-3-4-9-24(22)30)29-20-21-10-12-23(13-11-21)25(32)31-16-5-2-6-17-31;/h3-4,8-14,19H,2,5-7,15-18,20H2,1H3,(H2,27,28,29);1H. The molecule has 0 bridgehead atoms. The van der Waals surface area contributed by atoms with Gasteiger partial charge in [-0.1, -0.05) is 30.3 Å². The summed E-state index contributed by atoms with van der Waals surface area (Å²) in [7, 11) is 1.79. The molecule has 4 rings (SSSR count). The second-order valence-electron chi connectivity index (χ2n) is 8.32. The van der Waals surface area contributed by atoms with Crippen LogP contribution in [0, 0.1) is 0 Å². The average Bonchev–Trinajstić information content (AvgIpc) is 3.27. The van der Waals surface area contributed by atoms with E-state index in [1.54, 1.807) is 7.05 Å². The first kappa shape index (κ1) is 25.1. The number of rotatable bonds is 7. The number of para-hydroxylation sites is 1. The van der Waals surface area contributed by atoms with E-state index in [1.807, 2.05) is 29.2 Å². The SMILES string of the molecule is CN=C(NCCCn1ccc2ccccc21)NCc1ccc(C(=O)N2CCCCC2)cc1.I. The third kappa shape index (κ3) is 6.72. The first-order chi connectivity index (χ1) is 15.7. The van der Waals surface area contributed by atoms with Crippen LogP contribution in [0.1, 0.15) is 41.6 Å². The Kier molecular flexibility index (Phi) is 9.60. The number of nitrogens with one attached hydrogen (secondary N) is 2. The van der Waals surface area contributed by atoms with Gasteiger partial charge in [-0.3, -0.25) is 9.79 Å².